The van der Waals surface area contributed by atoms with Gasteiger partial charge >= 0.3 is 0 Å². The number of hydrogen-bond donors (Lipinski definition) is 0. The largest absolute Gasteiger partial charge is 0.184 e. The molecule has 0 atom stereocenters. The maximum atomic E-state index is 3.83. The Balaban J connectivity index is 0.000000316. The van der Waals surface area contributed by atoms with Gasteiger partial charge in [0.15, 0.2) is 0 Å². The predicted octanol–water partition coefficient (Wildman–Crippen LogP) is 4.37. The maximum Gasteiger partial charge on any atom is 0 e. The first kappa shape index (κ1) is 16.4. The van der Waals surface area contributed by atoms with E-state index < -0.39 is 0 Å². The Labute approximate surface area is 142 Å². The third-order valence-electron chi connectivity index (χ3n) is 2.00. The Morgan fingerprint density at radius 1 is 0.941 bits per heavy atom. The molecule has 0 saturated carbocycles. The average molecular weight is 380 g/mol. The van der Waals surface area contributed by atoms with Crippen molar-refractivity contribution in [1.82, 2.24) is 0 Å². The van der Waals surface area contributed by atoms with Gasteiger partial charge in [-0.1, -0.05) is 49.6 Å². The van der Waals surface area contributed by atoms with E-state index in [2.05, 4.69) is 19.2 Å². The summed E-state index contributed by atoms with van der Waals surface area (Å²) in [5.74, 6) is 0. The second kappa shape index (κ2) is 10.6. The minimum Gasteiger partial charge on any atom is -0.184 e. The van der Waals surface area contributed by atoms with Crippen LogP contribution < -0.4 is 0 Å². The van der Waals surface area contributed by atoms with E-state index in [0.29, 0.717) is 0 Å². The molecule has 2 rings (SSSR count). The van der Waals surface area contributed by atoms with Crippen LogP contribution >= 0.6 is 0 Å². The molecule has 2 aromatic rings. The van der Waals surface area contributed by atoms with Crippen LogP contribution in [-0.2, 0) is 0 Å². The Morgan fingerprint density at radius 2 is 1.47 bits per heavy atom. The van der Waals surface area contributed by atoms with Crippen molar-refractivity contribution in [2.24, 2.45) is 0 Å². The fraction of sp³-hybridized carbons (Fsp3) is 0. The third-order valence-corrected chi connectivity index (χ3v) is 2.00. The second-order valence-electron chi connectivity index (χ2n) is 3.17. The van der Waals surface area contributed by atoms with E-state index >= 15 is 0 Å². The predicted molar refractivity (Wildman–Crippen MR) is 71.0 cm³/mol. The molecule has 94 valence electrons. The Hall–Kier alpha value is -0.561. The van der Waals surface area contributed by atoms with Crippen LogP contribution in [0.15, 0.2) is 79.9 Å². The van der Waals surface area contributed by atoms with Crippen molar-refractivity contribution in [2.75, 3.05) is 0 Å². The van der Waals surface area contributed by atoms with Crippen LogP contribution in [0.4, 0.5) is 0 Å². The van der Waals surface area contributed by atoms with E-state index in [1.54, 1.807) is 6.08 Å². The van der Waals surface area contributed by atoms with Gasteiger partial charge < -0.3 is 0 Å². The molecule has 0 bridgehead atoms. The fourth-order valence-electron chi connectivity index (χ4n) is 1.11. The van der Waals surface area contributed by atoms with Crippen LogP contribution in [-0.4, -0.2) is 0 Å². The molecule has 0 heterocycles. The monoisotopic (exact) mass is 381 g/mol. The summed E-state index contributed by atoms with van der Waals surface area (Å²) in [7, 11) is 0. The molecule has 17 heavy (non-hydrogen) atoms. The van der Waals surface area contributed by atoms with Gasteiger partial charge in [0.25, 0.3) is 0 Å². The molecule has 0 aliphatic carbocycles. The van der Waals surface area contributed by atoms with Gasteiger partial charge in [-0.15, -0.1) is 0 Å². The van der Waals surface area contributed by atoms with E-state index in [0.717, 1.165) is 11.1 Å². The van der Waals surface area contributed by atoms with Crippen molar-refractivity contribution < 1.29 is 46.9 Å². The Morgan fingerprint density at radius 3 is 1.82 bits per heavy atom. The van der Waals surface area contributed by atoms with Crippen LogP contribution in [0.1, 0.15) is 5.56 Å². The van der Waals surface area contributed by atoms with Gasteiger partial charge in [-0.25, -0.2) is 0 Å². The first-order chi connectivity index (χ1) is 7.84. The standard InChI is InChI=1S/C10H10.C6H5.Yb/c1-3-9(2)10-7-5-4-6-8-10;1-2-4-6-5-3-1;/h3-8H,1-2H2;1-5H;/q;-1;. The molecule has 0 amide bonds. The topological polar surface area (TPSA) is 0 Å². The summed E-state index contributed by atoms with van der Waals surface area (Å²) in [6.45, 7) is 7.46. The molecule has 0 saturated heterocycles. The van der Waals surface area contributed by atoms with Crippen LogP contribution in [0.2, 0.25) is 0 Å². The molecule has 0 aliphatic rings. The van der Waals surface area contributed by atoms with Crippen molar-refractivity contribution in [2.45, 2.75) is 0 Å². The van der Waals surface area contributed by atoms with Crippen molar-refractivity contribution in [3.63, 3.8) is 0 Å². The molecule has 2 aromatic carbocycles. The van der Waals surface area contributed by atoms with E-state index in [1.165, 1.54) is 0 Å². The van der Waals surface area contributed by atoms with E-state index in [4.69, 9.17) is 0 Å². The van der Waals surface area contributed by atoms with Crippen LogP contribution in [0.3, 0.4) is 0 Å². The molecule has 0 N–H and O–H groups in total. The SMILES string of the molecule is C=CC(=C)c1ccccc1.[Yb].[c-]1ccccc1. The number of allylic oxidation sites excluding steroid dienone is 2. The smallest absolute Gasteiger partial charge is 0 e. The van der Waals surface area contributed by atoms with Crippen LogP contribution in [0, 0.1) is 53.0 Å². The van der Waals surface area contributed by atoms with Crippen LogP contribution in [0.5, 0.6) is 0 Å². The molecular weight excluding hydrogens is 365 g/mol. The molecule has 0 fully saturated rings. The molecule has 0 spiro atoms. The van der Waals surface area contributed by atoms with Gasteiger partial charge in [0.1, 0.15) is 0 Å². The maximum absolute atomic E-state index is 3.83. The van der Waals surface area contributed by atoms with Gasteiger partial charge in [-0.3, -0.25) is 0 Å². The number of benzene rings is 2. The summed E-state index contributed by atoms with van der Waals surface area (Å²) in [4.78, 5) is 0. The number of rotatable bonds is 2. The first-order valence-electron chi connectivity index (χ1n) is 5.12. The van der Waals surface area contributed by atoms with E-state index in [-0.39, 0.29) is 46.9 Å². The zero-order chi connectivity index (χ0) is 11.6. The van der Waals surface area contributed by atoms with Gasteiger partial charge in [-0.05, 0) is 11.1 Å². The minimum atomic E-state index is 0. The average Bonchev–Trinajstić information content (AvgIpc) is 2.41. The molecule has 0 aromatic heterocycles. The van der Waals surface area contributed by atoms with Crippen molar-refractivity contribution in [3.05, 3.63) is 91.5 Å². The summed E-state index contributed by atoms with van der Waals surface area (Å²) in [5.41, 5.74) is 2.11. The van der Waals surface area contributed by atoms with Crippen molar-refractivity contribution in [3.8, 4) is 0 Å². The molecule has 0 radical (unpaired) electrons. The zero-order valence-electron chi connectivity index (χ0n) is 9.53. The molecule has 1 heteroatoms. The van der Waals surface area contributed by atoms with Gasteiger partial charge in [0.05, 0.1) is 0 Å². The first-order valence-corrected chi connectivity index (χ1v) is 5.12. The quantitative estimate of drug-likeness (QED) is 0.536. The van der Waals surface area contributed by atoms with Crippen molar-refractivity contribution in [1.29, 1.82) is 0 Å². The fourth-order valence-corrected chi connectivity index (χ4v) is 1.11. The number of hydrogen-bond acceptors (Lipinski definition) is 0. The molecule has 0 aliphatic heterocycles. The third kappa shape index (κ3) is 7.38. The zero-order valence-corrected chi connectivity index (χ0v) is 11.2. The molecule has 0 nitrogen and oxygen atoms in total. The summed E-state index contributed by atoms with van der Waals surface area (Å²) < 4.78 is 0. The summed E-state index contributed by atoms with van der Waals surface area (Å²) >= 11 is 0. The summed E-state index contributed by atoms with van der Waals surface area (Å²) in [6, 6.07) is 22.5. The van der Waals surface area contributed by atoms with Gasteiger partial charge in [0, 0.05) is 46.9 Å². The summed E-state index contributed by atoms with van der Waals surface area (Å²) in [5, 5.41) is 0. The minimum absolute atomic E-state index is 0. The normalized spacial score (nSPS) is 8.00. The van der Waals surface area contributed by atoms with E-state index in [9.17, 15) is 0 Å². The molecular formula is C16H15Yb-. The van der Waals surface area contributed by atoms with Crippen molar-refractivity contribution >= 4 is 5.57 Å². The second-order valence-corrected chi connectivity index (χ2v) is 3.17. The van der Waals surface area contributed by atoms with Gasteiger partial charge in [0.2, 0.25) is 0 Å². The van der Waals surface area contributed by atoms with E-state index in [1.807, 2.05) is 60.7 Å². The van der Waals surface area contributed by atoms with Crippen LogP contribution in [0.25, 0.3) is 5.57 Å². The molecule has 0 unspecified atom stereocenters. The van der Waals surface area contributed by atoms with Gasteiger partial charge in [-0.2, -0.15) is 36.4 Å². The Bertz CT molecular complexity index is 391. The summed E-state index contributed by atoms with van der Waals surface area (Å²) in [6.07, 6.45) is 1.76. The Kier molecular flexibility index (Phi) is 10.2.